The summed E-state index contributed by atoms with van der Waals surface area (Å²) in [5.74, 6) is -0.233. The lowest BCUT2D eigenvalue weighted by Gasteiger charge is -2.40. The van der Waals surface area contributed by atoms with E-state index in [2.05, 4.69) is 10.2 Å². The van der Waals surface area contributed by atoms with Gasteiger partial charge in [-0.15, -0.1) is 0 Å². The van der Waals surface area contributed by atoms with Crippen LogP contribution >= 0.6 is 0 Å². The van der Waals surface area contributed by atoms with Crippen molar-refractivity contribution in [1.29, 1.82) is 0 Å². The Hall–Kier alpha value is -1.10. The first kappa shape index (κ1) is 16.3. The quantitative estimate of drug-likeness (QED) is 0.800. The van der Waals surface area contributed by atoms with Crippen molar-refractivity contribution in [3.05, 3.63) is 0 Å². The minimum Gasteiger partial charge on any atom is -0.469 e. The van der Waals surface area contributed by atoms with Gasteiger partial charge in [-0.2, -0.15) is 0 Å². The first-order valence-electron chi connectivity index (χ1n) is 8.13. The van der Waals surface area contributed by atoms with Crippen LogP contribution in [0.4, 0.5) is 0 Å². The molecule has 1 aliphatic carbocycles. The number of hydrogen-bond acceptors (Lipinski definition) is 4. The van der Waals surface area contributed by atoms with Crippen molar-refractivity contribution >= 4 is 11.9 Å². The van der Waals surface area contributed by atoms with E-state index < -0.39 is 0 Å². The zero-order valence-electron chi connectivity index (χ0n) is 13.4. The van der Waals surface area contributed by atoms with Gasteiger partial charge in [0.15, 0.2) is 0 Å². The molecule has 2 fully saturated rings. The molecule has 0 radical (unpaired) electrons. The lowest BCUT2D eigenvalue weighted by Crippen LogP contribution is -2.55. The molecule has 120 valence electrons. The van der Waals surface area contributed by atoms with Gasteiger partial charge in [0.05, 0.1) is 13.0 Å². The van der Waals surface area contributed by atoms with Crippen LogP contribution in [-0.2, 0) is 14.3 Å². The van der Waals surface area contributed by atoms with E-state index in [1.165, 1.54) is 32.8 Å². The number of esters is 1. The van der Waals surface area contributed by atoms with E-state index in [4.69, 9.17) is 4.74 Å². The molecule has 5 heteroatoms. The molecule has 1 aliphatic heterocycles. The highest BCUT2D eigenvalue weighted by atomic mass is 16.5. The fourth-order valence-corrected chi connectivity index (χ4v) is 3.51. The Kier molecular flexibility index (Phi) is 5.62. The van der Waals surface area contributed by atoms with Gasteiger partial charge in [0.2, 0.25) is 5.91 Å². The predicted molar refractivity (Wildman–Crippen MR) is 80.7 cm³/mol. The van der Waals surface area contributed by atoms with Gasteiger partial charge in [-0.1, -0.05) is 26.7 Å². The number of nitrogens with one attached hydrogen (secondary N) is 1. The number of carbonyl (C=O) groups excluding carboxylic acids is 2. The van der Waals surface area contributed by atoms with E-state index >= 15 is 0 Å². The molecule has 0 spiro atoms. The van der Waals surface area contributed by atoms with Crippen LogP contribution in [0.1, 0.15) is 46.0 Å². The van der Waals surface area contributed by atoms with Gasteiger partial charge in [0.1, 0.15) is 0 Å². The molecule has 1 amide bonds. The molecule has 2 aliphatic rings. The van der Waals surface area contributed by atoms with Gasteiger partial charge in [0, 0.05) is 31.1 Å². The summed E-state index contributed by atoms with van der Waals surface area (Å²) in [6.07, 6.45) is 5.64. The zero-order chi connectivity index (χ0) is 15.4. The summed E-state index contributed by atoms with van der Waals surface area (Å²) in [5.41, 5.74) is 0. The van der Waals surface area contributed by atoms with Gasteiger partial charge in [-0.25, -0.2) is 0 Å². The largest absolute Gasteiger partial charge is 0.469 e. The molecule has 1 heterocycles. The molecule has 5 nitrogen and oxygen atoms in total. The van der Waals surface area contributed by atoms with E-state index in [1.807, 2.05) is 13.8 Å². The van der Waals surface area contributed by atoms with Gasteiger partial charge in [-0.3, -0.25) is 14.5 Å². The van der Waals surface area contributed by atoms with Crippen molar-refractivity contribution in [3.8, 4) is 0 Å². The molecule has 2 rings (SSSR count). The SMILES string of the molecule is COC(=O)C1CC(NC(=O)C(C)C)CN(C2CCCC2)C1. The van der Waals surface area contributed by atoms with Crippen LogP contribution in [0.15, 0.2) is 0 Å². The third-order valence-corrected chi connectivity index (χ3v) is 4.73. The molecular formula is C16H28N2O3. The van der Waals surface area contributed by atoms with Crippen molar-refractivity contribution < 1.29 is 14.3 Å². The minimum absolute atomic E-state index is 0.0246. The molecule has 1 saturated carbocycles. The Labute approximate surface area is 127 Å². The number of amides is 1. The van der Waals surface area contributed by atoms with Crippen molar-refractivity contribution in [1.82, 2.24) is 10.2 Å². The Morgan fingerprint density at radius 3 is 2.43 bits per heavy atom. The van der Waals surface area contributed by atoms with Crippen molar-refractivity contribution in [2.45, 2.75) is 58.0 Å². The number of ether oxygens (including phenoxy) is 1. The molecule has 0 aromatic carbocycles. The molecule has 0 aromatic heterocycles. The number of piperidine rings is 1. The van der Waals surface area contributed by atoms with E-state index in [-0.39, 0.29) is 29.8 Å². The van der Waals surface area contributed by atoms with Crippen LogP contribution in [0.2, 0.25) is 0 Å². The Morgan fingerprint density at radius 2 is 1.86 bits per heavy atom. The number of likely N-dealkylation sites (tertiary alicyclic amines) is 1. The summed E-state index contributed by atoms with van der Waals surface area (Å²) in [4.78, 5) is 26.3. The average molecular weight is 296 g/mol. The highest BCUT2D eigenvalue weighted by Gasteiger charge is 2.36. The topological polar surface area (TPSA) is 58.6 Å². The predicted octanol–water partition coefficient (Wildman–Crippen LogP) is 1.56. The van der Waals surface area contributed by atoms with Gasteiger partial charge in [0.25, 0.3) is 0 Å². The van der Waals surface area contributed by atoms with Crippen LogP contribution in [0.25, 0.3) is 0 Å². The third-order valence-electron chi connectivity index (χ3n) is 4.73. The number of methoxy groups -OCH3 is 1. The zero-order valence-corrected chi connectivity index (χ0v) is 13.4. The lowest BCUT2D eigenvalue weighted by atomic mass is 9.92. The molecule has 21 heavy (non-hydrogen) atoms. The minimum atomic E-state index is -0.151. The van der Waals surface area contributed by atoms with Gasteiger partial charge < -0.3 is 10.1 Å². The van der Waals surface area contributed by atoms with Crippen LogP contribution in [0.3, 0.4) is 0 Å². The van der Waals surface area contributed by atoms with E-state index in [1.54, 1.807) is 0 Å². The smallest absolute Gasteiger partial charge is 0.310 e. The van der Waals surface area contributed by atoms with E-state index in [0.29, 0.717) is 12.5 Å². The Balaban J connectivity index is 2.02. The highest BCUT2D eigenvalue weighted by Crippen LogP contribution is 2.28. The molecule has 0 aromatic rings. The standard InChI is InChI=1S/C16H28N2O3/c1-11(2)15(19)17-13-8-12(16(20)21-3)9-18(10-13)14-6-4-5-7-14/h11-14H,4-10H2,1-3H3,(H,17,19). The summed E-state index contributed by atoms with van der Waals surface area (Å²) in [7, 11) is 1.44. The lowest BCUT2D eigenvalue weighted by molar-refractivity contribution is -0.148. The first-order valence-corrected chi connectivity index (χ1v) is 8.13. The van der Waals surface area contributed by atoms with Crippen LogP contribution in [-0.4, -0.2) is 49.1 Å². The van der Waals surface area contributed by atoms with Gasteiger partial charge in [-0.05, 0) is 19.3 Å². The third kappa shape index (κ3) is 4.19. The molecular weight excluding hydrogens is 268 g/mol. The fourth-order valence-electron chi connectivity index (χ4n) is 3.51. The fraction of sp³-hybridized carbons (Fsp3) is 0.875. The number of carbonyl (C=O) groups is 2. The van der Waals surface area contributed by atoms with Crippen LogP contribution in [0.5, 0.6) is 0 Å². The normalized spacial score (nSPS) is 27.8. The van der Waals surface area contributed by atoms with E-state index in [0.717, 1.165) is 13.1 Å². The average Bonchev–Trinajstić information content (AvgIpc) is 3.00. The Morgan fingerprint density at radius 1 is 1.19 bits per heavy atom. The summed E-state index contributed by atoms with van der Waals surface area (Å²) >= 11 is 0. The summed E-state index contributed by atoms with van der Waals surface area (Å²) in [6.45, 7) is 5.41. The van der Waals surface area contributed by atoms with Crippen molar-refractivity contribution in [2.75, 3.05) is 20.2 Å². The molecule has 2 unspecified atom stereocenters. The maximum atomic E-state index is 11.9. The Bertz CT molecular complexity index is 378. The van der Waals surface area contributed by atoms with Gasteiger partial charge >= 0.3 is 5.97 Å². The summed E-state index contributed by atoms with van der Waals surface area (Å²) in [6, 6.07) is 0.620. The van der Waals surface area contributed by atoms with Crippen molar-refractivity contribution in [2.24, 2.45) is 11.8 Å². The number of nitrogens with zero attached hydrogens (tertiary/aromatic N) is 1. The van der Waals surface area contributed by atoms with Crippen LogP contribution in [0, 0.1) is 11.8 Å². The summed E-state index contributed by atoms with van der Waals surface area (Å²) in [5, 5.41) is 3.09. The first-order chi connectivity index (χ1) is 10.0. The second-order valence-corrected chi connectivity index (χ2v) is 6.71. The molecule has 1 saturated heterocycles. The maximum Gasteiger partial charge on any atom is 0.310 e. The van der Waals surface area contributed by atoms with Crippen molar-refractivity contribution in [3.63, 3.8) is 0 Å². The monoisotopic (exact) mass is 296 g/mol. The second-order valence-electron chi connectivity index (χ2n) is 6.71. The molecule has 2 atom stereocenters. The highest BCUT2D eigenvalue weighted by molar-refractivity contribution is 5.78. The molecule has 1 N–H and O–H groups in total. The van der Waals surface area contributed by atoms with E-state index in [9.17, 15) is 9.59 Å². The number of rotatable bonds is 4. The second kappa shape index (κ2) is 7.25. The summed E-state index contributed by atoms with van der Waals surface area (Å²) < 4.78 is 4.92. The van der Waals surface area contributed by atoms with Crippen LogP contribution < -0.4 is 5.32 Å². The maximum absolute atomic E-state index is 11.9. The molecule has 0 bridgehead atoms. The number of hydrogen-bond donors (Lipinski definition) is 1.